The monoisotopic (exact) mass is 424 g/mol. The van der Waals surface area contributed by atoms with Crippen molar-refractivity contribution in [2.45, 2.75) is 38.1 Å². The zero-order valence-electron chi connectivity index (χ0n) is 16.6. The van der Waals surface area contributed by atoms with Gasteiger partial charge in [-0.15, -0.1) is 0 Å². The number of hydrogen-bond donors (Lipinski definition) is 0. The van der Waals surface area contributed by atoms with Gasteiger partial charge < -0.3 is 4.55 Å². The van der Waals surface area contributed by atoms with Crippen molar-refractivity contribution >= 4 is 32.2 Å². The Balaban J connectivity index is 1.77. The molecule has 1 aliphatic heterocycles. The maximum absolute atomic E-state index is 11.9. The molecule has 0 saturated carbocycles. The molecule has 8 heteroatoms. The normalized spacial score (nSPS) is 26.2. The van der Waals surface area contributed by atoms with Crippen LogP contribution in [0.1, 0.15) is 36.8 Å². The first-order chi connectivity index (χ1) is 13.3. The van der Waals surface area contributed by atoms with Crippen LogP contribution in [0, 0.1) is 5.92 Å². The molecule has 1 aromatic carbocycles. The summed E-state index contributed by atoms with van der Waals surface area (Å²) in [5, 5.41) is 1.13. The molecular formula is C20H28N2O4S2. The molecule has 1 aromatic heterocycles. The van der Waals surface area contributed by atoms with Gasteiger partial charge in [0.15, 0.2) is 0 Å². The summed E-state index contributed by atoms with van der Waals surface area (Å²) in [6.45, 7) is 4.21. The van der Waals surface area contributed by atoms with Crippen molar-refractivity contribution in [1.29, 1.82) is 0 Å². The molecule has 154 valence electrons. The molecule has 1 fully saturated rings. The molecule has 28 heavy (non-hydrogen) atoms. The van der Waals surface area contributed by atoms with Gasteiger partial charge in [-0.05, 0) is 43.0 Å². The number of nitrogens with zero attached hydrogens (tertiary/aromatic N) is 2. The number of rotatable bonds is 6. The molecule has 2 unspecified atom stereocenters. The Kier molecular flexibility index (Phi) is 5.41. The third-order valence-corrected chi connectivity index (χ3v) is 7.32. The fourth-order valence-electron chi connectivity index (χ4n) is 5.18. The minimum Gasteiger partial charge on any atom is -0.617 e. The molecule has 2 aromatic rings. The predicted molar refractivity (Wildman–Crippen MR) is 112 cm³/mol. The number of aromatic nitrogens is 1. The topological polar surface area (TPSA) is 74.6 Å². The van der Waals surface area contributed by atoms with Crippen LogP contribution < -0.4 is 4.28 Å². The SMILES string of the molecule is CCCN1CC(C[S+](C)[O-])C[C@@H]2c3cccc4c3c(cn4OS(C)(=O)=O)C[C@H]21. The first-order valence-electron chi connectivity index (χ1n) is 9.83. The maximum atomic E-state index is 11.9. The average molecular weight is 425 g/mol. The smallest absolute Gasteiger partial charge is 0.324 e. The van der Waals surface area contributed by atoms with E-state index in [9.17, 15) is 13.0 Å². The van der Waals surface area contributed by atoms with E-state index in [1.807, 2.05) is 18.3 Å². The van der Waals surface area contributed by atoms with E-state index in [1.165, 1.54) is 10.3 Å². The Morgan fingerprint density at radius 3 is 2.82 bits per heavy atom. The molecule has 2 aliphatic rings. The number of hydrogen-bond acceptors (Lipinski definition) is 5. The molecule has 4 atom stereocenters. The van der Waals surface area contributed by atoms with Crippen molar-refractivity contribution in [2.24, 2.45) is 5.92 Å². The van der Waals surface area contributed by atoms with Crippen LogP contribution in [-0.4, -0.2) is 60.0 Å². The summed E-state index contributed by atoms with van der Waals surface area (Å²) < 4.78 is 41.9. The van der Waals surface area contributed by atoms with Crippen LogP contribution in [0.3, 0.4) is 0 Å². The van der Waals surface area contributed by atoms with E-state index in [2.05, 4.69) is 17.9 Å². The minimum absolute atomic E-state index is 0.374. The number of benzene rings is 1. The van der Waals surface area contributed by atoms with Gasteiger partial charge >= 0.3 is 10.1 Å². The van der Waals surface area contributed by atoms with Crippen molar-refractivity contribution in [3.63, 3.8) is 0 Å². The van der Waals surface area contributed by atoms with E-state index in [0.717, 1.165) is 60.8 Å². The Morgan fingerprint density at radius 2 is 2.14 bits per heavy atom. The highest BCUT2D eigenvalue weighted by Gasteiger charge is 2.41. The van der Waals surface area contributed by atoms with Gasteiger partial charge in [0.05, 0.1) is 18.0 Å². The van der Waals surface area contributed by atoms with Gasteiger partial charge in [0.2, 0.25) is 0 Å². The molecule has 0 amide bonds. The van der Waals surface area contributed by atoms with Gasteiger partial charge in [0.1, 0.15) is 5.75 Å². The predicted octanol–water partition coefficient (Wildman–Crippen LogP) is 2.15. The zero-order chi connectivity index (χ0) is 20.1. The Bertz CT molecular complexity index is 970. The largest absolute Gasteiger partial charge is 0.617 e. The van der Waals surface area contributed by atoms with E-state index < -0.39 is 21.3 Å². The van der Waals surface area contributed by atoms with Gasteiger partial charge in [-0.3, -0.25) is 9.18 Å². The van der Waals surface area contributed by atoms with Gasteiger partial charge in [-0.1, -0.05) is 30.2 Å². The Labute approximate surface area is 170 Å². The quantitative estimate of drug-likeness (QED) is 0.664. The highest BCUT2D eigenvalue weighted by molar-refractivity contribution is 7.90. The lowest BCUT2D eigenvalue weighted by Crippen LogP contribution is -2.51. The molecular weight excluding hydrogens is 396 g/mol. The molecule has 0 spiro atoms. The van der Waals surface area contributed by atoms with Crippen molar-refractivity contribution in [2.75, 3.05) is 31.4 Å². The van der Waals surface area contributed by atoms with Crippen molar-refractivity contribution < 1.29 is 17.3 Å². The molecule has 0 N–H and O–H groups in total. The van der Waals surface area contributed by atoms with Crippen molar-refractivity contribution in [1.82, 2.24) is 9.63 Å². The van der Waals surface area contributed by atoms with Gasteiger partial charge in [-0.25, -0.2) is 0 Å². The fraction of sp³-hybridized carbons (Fsp3) is 0.600. The Hall–Kier alpha value is -1.22. The van der Waals surface area contributed by atoms with Crippen LogP contribution in [0.4, 0.5) is 0 Å². The van der Waals surface area contributed by atoms with E-state index in [1.54, 1.807) is 6.26 Å². The first kappa shape index (κ1) is 20.1. The second-order valence-electron chi connectivity index (χ2n) is 8.21. The standard InChI is InChI=1S/C20H28N2O4S2/c1-4-8-21-11-14(13-27(2)23)9-17-16-6-5-7-18-20(16)15(10-19(17)21)12-22(18)26-28(3,24)25/h5-7,12,14,17,19H,4,8-11,13H2,1-3H3/t14?,17-,19-,27?/m1/s1. The van der Waals surface area contributed by atoms with Crippen LogP contribution in [0.15, 0.2) is 24.4 Å². The molecule has 2 heterocycles. The first-order valence-corrected chi connectivity index (χ1v) is 13.4. The lowest BCUT2D eigenvalue weighted by atomic mass is 9.72. The van der Waals surface area contributed by atoms with E-state index in [-0.39, 0.29) is 0 Å². The lowest BCUT2D eigenvalue weighted by molar-refractivity contribution is 0.0920. The maximum Gasteiger partial charge on any atom is 0.324 e. The van der Waals surface area contributed by atoms with E-state index in [0.29, 0.717) is 17.9 Å². The minimum atomic E-state index is -3.60. The average Bonchev–Trinajstić information content (AvgIpc) is 2.93. The Morgan fingerprint density at radius 1 is 1.36 bits per heavy atom. The molecule has 0 bridgehead atoms. The zero-order valence-corrected chi connectivity index (χ0v) is 18.3. The number of fused-ring (bicyclic) bond motifs is 2. The summed E-state index contributed by atoms with van der Waals surface area (Å²) in [4.78, 5) is 2.56. The molecule has 6 nitrogen and oxygen atoms in total. The highest BCUT2D eigenvalue weighted by atomic mass is 32.2. The summed E-state index contributed by atoms with van der Waals surface area (Å²) in [5.74, 6) is 1.54. The van der Waals surface area contributed by atoms with Crippen LogP contribution in [0.5, 0.6) is 0 Å². The lowest BCUT2D eigenvalue weighted by Gasteiger charge is -2.47. The second kappa shape index (κ2) is 7.55. The van der Waals surface area contributed by atoms with E-state index in [4.69, 9.17) is 4.28 Å². The van der Waals surface area contributed by atoms with Crippen molar-refractivity contribution in [3.8, 4) is 0 Å². The van der Waals surface area contributed by atoms with Crippen LogP contribution in [0.2, 0.25) is 0 Å². The number of likely N-dealkylation sites (tertiary alicyclic amines) is 1. The van der Waals surface area contributed by atoms with Crippen LogP contribution >= 0.6 is 0 Å². The third kappa shape index (κ3) is 3.79. The summed E-state index contributed by atoms with van der Waals surface area (Å²) in [6, 6.07) is 6.47. The van der Waals surface area contributed by atoms with Crippen LogP contribution in [0.25, 0.3) is 10.9 Å². The third-order valence-electron chi connectivity index (χ3n) is 5.95. The van der Waals surface area contributed by atoms with Gasteiger partial charge in [0, 0.05) is 36.0 Å². The van der Waals surface area contributed by atoms with Crippen molar-refractivity contribution in [3.05, 3.63) is 35.5 Å². The molecule has 1 aliphatic carbocycles. The molecule has 1 saturated heterocycles. The summed E-state index contributed by atoms with van der Waals surface area (Å²) >= 11 is -0.801. The summed E-state index contributed by atoms with van der Waals surface area (Å²) in [6.07, 6.45) is 7.70. The molecule has 4 rings (SSSR count). The van der Waals surface area contributed by atoms with Crippen LogP contribution in [-0.2, 0) is 27.7 Å². The van der Waals surface area contributed by atoms with E-state index >= 15 is 0 Å². The number of piperidine rings is 1. The molecule has 0 radical (unpaired) electrons. The van der Waals surface area contributed by atoms with Gasteiger partial charge in [0.25, 0.3) is 0 Å². The fourth-order valence-corrected chi connectivity index (χ4v) is 6.50. The summed E-state index contributed by atoms with van der Waals surface area (Å²) in [5.41, 5.74) is 3.22. The highest BCUT2D eigenvalue weighted by Crippen LogP contribution is 2.45. The van der Waals surface area contributed by atoms with Gasteiger partial charge in [-0.2, -0.15) is 13.1 Å². The second-order valence-corrected chi connectivity index (χ2v) is 11.3. The summed E-state index contributed by atoms with van der Waals surface area (Å²) in [7, 11) is -3.60.